The fourth-order valence-electron chi connectivity index (χ4n) is 2.41. The van der Waals surface area contributed by atoms with Crippen molar-refractivity contribution >= 4 is 21.4 Å². The quantitative estimate of drug-likeness (QED) is 0.921. The SMILES string of the molecule is CCCC1(O)CN(S(=O)(=O)c2cc(C)sc2C)C1. The van der Waals surface area contributed by atoms with Crippen LogP contribution in [0.4, 0.5) is 0 Å². The maximum atomic E-state index is 12.4. The summed E-state index contributed by atoms with van der Waals surface area (Å²) in [7, 11) is -3.42. The highest BCUT2D eigenvalue weighted by atomic mass is 32.2. The van der Waals surface area contributed by atoms with Gasteiger partial charge in [-0.2, -0.15) is 4.31 Å². The summed E-state index contributed by atoms with van der Waals surface area (Å²) >= 11 is 1.49. The lowest BCUT2D eigenvalue weighted by Gasteiger charge is -2.45. The Labute approximate surface area is 112 Å². The third-order valence-corrected chi connectivity index (χ3v) is 6.28. The van der Waals surface area contributed by atoms with Crippen molar-refractivity contribution in [3.05, 3.63) is 15.8 Å². The predicted molar refractivity (Wildman–Crippen MR) is 72.4 cm³/mol. The monoisotopic (exact) mass is 289 g/mol. The Balaban J connectivity index is 2.18. The molecule has 1 aliphatic rings. The summed E-state index contributed by atoms with van der Waals surface area (Å²) in [6.07, 6.45) is 1.52. The lowest BCUT2D eigenvalue weighted by molar-refractivity contribution is -0.0653. The van der Waals surface area contributed by atoms with Gasteiger partial charge in [0.05, 0.1) is 10.5 Å². The predicted octanol–water partition coefficient (Wildman–Crippen LogP) is 1.90. The second kappa shape index (κ2) is 4.59. The number of sulfonamides is 1. The van der Waals surface area contributed by atoms with Crippen LogP contribution in [0.3, 0.4) is 0 Å². The van der Waals surface area contributed by atoms with E-state index in [1.54, 1.807) is 6.07 Å². The number of rotatable bonds is 4. The van der Waals surface area contributed by atoms with Crippen LogP contribution in [-0.2, 0) is 10.0 Å². The lowest BCUT2D eigenvalue weighted by Crippen LogP contribution is -2.63. The van der Waals surface area contributed by atoms with Gasteiger partial charge in [0.1, 0.15) is 0 Å². The summed E-state index contributed by atoms with van der Waals surface area (Å²) in [6, 6.07) is 1.71. The van der Waals surface area contributed by atoms with Crippen molar-refractivity contribution in [3.63, 3.8) is 0 Å². The fourth-order valence-corrected chi connectivity index (χ4v) is 5.53. The van der Waals surface area contributed by atoms with Gasteiger partial charge in [-0.15, -0.1) is 11.3 Å². The first-order chi connectivity index (χ1) is 8.28. The van der Waals surface area contributed by atoms with E-state index in [1.807, 2.05) is 20.8 Å². The van der Waals surface area contributed by atoms with Gasteiger partial charge in [-0.05, 0) is 26.3 Å². The largest absolute Gasteiger partial charge is 0.387 e. The number of nitrogens with zero attached hydrogens (tertiary/aromatic N) is 1. The molecule has 1 N–H and O–H groups in total. The molecule has 1 fully saturated rings. The molecule has 1 aliphatic heterocycles. The molecule has 4 nitrogen and oxygen atoms in total. The molecule has 0 saturated carbocycles. The van der Waals surface area contributed by atoms with Crippen LogP contribution in [0.1, 0.15) is 29.5 Å². The standard InChI is InChI=1S/C12H19NO3S2/c1-4-5-12(14)7-13(8-12)18(15,16)11-6-9(2)17-10(11)3/h6,14H,4-5,7-8H2,1-3H3. The first kappa shape index (κ1) is 14.0. The zero-order valence-corrected chi connectivity index (χ0v) is 12.6. The molecule has 18 heavy (non-hydrogen) atoms. The van der Waals surface area contributed by atoms with Gasteiger partial charge in [0.25, 0.3) is 0 Å². The number of hydrogen-bond acceptors (Lipinski definition) is 4. The Kier molecular flexibility index (Phi) is 3.57. The van der Waals surface area contributed by atoms with Gasteiger partial charge in [0.15, 0.2) is 0 Å². The molecule has 0 bridgehead atoms. The van der Waals surface area contributed by atoms with Crippen LogP contribution in [0, 0.1) is 13.8 Å². The number of thiophene rings is 1. The third-order valence-electron chi connectivity index (χ3n) is 3.27. The van der Waals surface area contributed by atoms with Gasteiger partial charge >= 0.3 is 0 Å². The fraction of sp³-hybridized carbons (Fsp3) is 0.667. The van der Waals surface area contributed by atoms with E-state index in [1.165, 1.54) is 15.6 Å². The van der Waals surface area contributed by atoms with Crippen molar-refractivity contribution in [1.29, 1.82) is 0 Å². The van der Waals surface area contributed by atoms with E-state index in [9.17, 15) is 13.5 Å². The van der Waals surface area contributed by atoms with Crippen molar-refractivity contribution in [2.24, 2.45) is 0 Å². The summed E-state index contributed by atoms with van der Waals surface area (Å²) in [5, 5.41) is 10.1. The number of aryl methyl sites for hydroxylation is 2. The number of aliphatic hydroxyl groups is 1. The molecule has 6 heteroatoms. The maximum Gasteiger partial charge on any atom is 0.244 e. The van der Waals surface area contributed by atoms with E-state index in [0.717, 1.165) is 16.2 Å². The normalized spacial score (nSPS) is 19.8. The Bertz CT molecular complexity index is 542. The van der Waals surface area contributed by atoms with E-state index in [4.69, 9.17) is 0 Å². The Morgan fingerprint density at radius 1 is 1.44 bits per heavy atom. The minimum Gasteiger partial charge on any atom is -0.387 e. The van der Waals surface area contributed by atoms with Gasteiger partial charge in [-0.25, -0.2) is 8.42 Å². The highest BCUT2D eigenvalue weighted by molar-refractivity contribution is 7.89. The summed E-state index contributed by atoms with van der Waals surface area (Å²) < 4.78 is 26.1. The second-order valence-corrected chi connectivity index (χ2v) is 8.39. The summed E-state index contributed by atoms with van der Waals surface area (Å²) in [6.45, 7) is 6.15. The Morgan fingerprint density at radius 3 is 2.50 bits per heavy atom. The first-order valence-corrected chi connectivity index (χ1v) is 8.34. The molecule has 102 valence electrons. The lowest BCUT2D eigenvalue weighted by atomic mass is 9.92. The van der Waals surface area contributed by atoms with Crippen LogP contribution >= 0.6 is 11.3 Å². The summed E-state index contributed by atoms with van der Waals surface area (Å²) in [5.74, 6) is 0. The molecule has 0 spiro atoms. The molecular formula is C12H19NO3S2. The molecule has 0 aromatic carbocycles. The Hall–Kier alpha value is -0.430. The average molecular weight is 289 g/mol. The Morgan fingerprint density at radius 2 is 2.06 bits per heavy atom. The molecule has 0 unspecified atom stereocenters. The summed E-state index contributed by atoms with van der Waals surface area (Å²) in [4.78, 5) is 2.21. The van der Waals surface area contributed by atoms with Gasteiger partial charge in [0, 0.05) is 22.8 Å². The van der Waals surface area contributed by atoms with Crippen molar-refractivity contribution < 1.29 is 13.5 Å². The minimum atomic E-state index is -3.42. The molecule has 2 heterocycles. The molecule has 1 aromatic heterocycles. The van der Waals surface area contributed by atoms with E-state index in [0.29, 0.717) is 11.3 Å². The first-order valence-electron chi connectivity index (χ1n) is 6.08. The van der Waals surface area contributed by atoms with Gasteiger partial charge in [0.2, 0.25) is 10.0 Å². The van der Waals surface area contributed by atoms with Crippen molar-refractivity contribution in [3.8, 4) is 0 Å². The molecular weight excluding hydrogens is 270 g/mol. The van der Waals surface area contributed by atoms with Crippen molar-refractivity contribution in [2.75, 3.05) is 13.1 Å². The molecule has 0 radical (unpaired) electrons. The van der Waals surface area contributed by atoms with Crippen LogP contribution in [0.5, 0.6) is 0 Å². The molecule has 2 rings (SSSR count). The van der Waals surface area contributed by atoms with Crippen LogP contribution in [-0.4, -0.2) is 36.5 Å². The van der Waals surface area contributed by atoms with Crippen molar-refractivity contribution in [2.45, 2.75) is 44.1 Å². The zero-order valence-electron chi connectivity index (χ0n) is 10.9. The van der Waals surface area contributed by atoms with Gasteiger partial charge in [-0.1, -0.05) is 13.3 Å². The minimum absolute atomic E-state index is 0.220. The maximum absolute atomic E-state index is 12.4. The van der Waals surface area contributed by atoms with E-state index >= 15 is 0 Å². The van der Waals surface area contributed by atoms with Crippen LogP contribution in [0.15, 0.2) is 11.0 Å². The second-order valence-electron chi connectivity index (χ2n) is 5.02. The highest BCUT2D eigenvalue weighted by Gasteiger charge is 2.46. The number of β-amino-alcohol motifs (C(OH)–C–C–N with tert-alkyl or cyclic N) is 1. The highest BCUT2D eigenvalue weighted by Crippen LogP contribution is 2.34. The van der Waals surface area contributed by atoms with E-state index in [-0.39, 0.29) is 13.1 Å². The molecule has 0 atom stereocenters. The third kappa shape index (κ3) is 2.34. The topological polar surface area (TPSA) is 57.6 Å². The van der Waals surface area contributed by atoms with E-state index < -0.39 is 15.6 Å². The smallest absolute Gasteiger partial charge is 0.244 e. The molecule has 1 aromatic rings. The molecule has 1 saturated heterocycles. The van der Waals surface area contributed by atoms with Crippen LogP contribution in [0.25, 0.3) is 0 Å². The number of hydrogen-bond donors (Lipinski definition) is 1. The van der Waals surface area contributed by atoms with Crippen molar-refractivity contribution in [1.82, 2.24) is 4.31 Å². The van der Waals surface area contributed by atoms with Crippen LogP contribution < -0.4 is 0 Å². The summed E-state index contributed by atoms with van der Waals surface area (Å²) in [5.41, 5.74) is -0.819. The molecule has 0 amide bonds. The van der Waals surface area contributed by atoms with Crippen LogP contribution in [0.2, 0.25) is 0 Å². The zero-order chi connectivity index (χ0) is 13.6. The molecule has 0 aliphatic carbocycles. The van der Waals surface area contributed by atoms with Gasteiger partial charge in [-0.3, -0.25) is 0 Å². The van der Waals surface area contributed by atoms with Gasteiger partial charge < -0.3 is 5.11 Å². The van der Waals surface area contributed by atoms with E-state index in [2.05, 4.69) is 0 Å². The average Bonchev–Trinajstić information content (AvgIpc) is 2.55.